The summed E-state index contributed by atoms with van der Waals surface area (Å²) in [5.74, 6) is 3.53. The quantitative estimate of drug-likeness (QED) is 0.467. The Hall–Kier alpha value is -2.95. The van der Waals surface area contributed by atoms with Crippen LogP contribution in [-0.2, 0) is 11.3 Å². The fourth-order valence-electron chi connectivity index (χ4n) is 6.21. The Bertz CT molecular complexity index is 1320. The Balaban J connectivity index is 1.49. The van der Waals surface area contributed by atoms with Crippen LogP contribution in [0.3, 0.4) is 0 Å². The second kappa shape index (κ2) is 10.3. The number of rotatable bonds is 7. The van der Waals surface area contributed by atoms with E-state index in [-0.39, 0.29) is 24.0 Å². The molecule has 3 aromatic heterocycles. The van der Waals surface area contributed by atoms with E-state index in [1.807, 2.05) is 0 Å². The van der Waals surface area contributed by atoms with Crippen molar-refractivity contribution in [3.05, 3.63) is 10.6 Å². The molecule has 3 aliphatic rings. The number of nitrogens with one attached hydrogen (secondary N) is 2. The van der Waals surface area contributed by atoms with Crippen molar-refractivity contribution >= 4 is 22.9 Å². The number of hydrogen-bond donors (Lipinski definition) is 2. The molecular formula is C27H40N8O3. The van der Waals surface area contributed by atoms with Gasteiger partial charge in [-0.05, 0) is 64.2 Å². The molecule has 38 heavy (non-hydrogen) atoms. The summed E-state index contributed by atoms with van der Waals surface area (Å²) in [6.07, 6.45) is 8.79. The van der Waals surface area contributed by atoms with E-state index < -0.39 is 5.76 Å². The van der Waals surface area contributed by atoms with Gasteiger partial charge in [-0.3, -0.25) is 9.51 Å². The number of fused-ring (bicyclic) bond motifs is 1. The van der Waals surface area contributed by atoms with Gasteiger partial charge in [0.05, 0.1) is 18.8 Å². The van der Waals surface area contributed by atoms with Crippen molar-refractivity contribution in [3.8, 4) is 11.6 Å². The van der Waals surface area contributed by atoms with Gasteiger partial charge in [-0.15, -0.1) is 0 Å². The molecule has 206 valence electrons. The third-order valence-electron chi connectivity index (χ3n) is 9.17. The monoisotopic (exact) mass is 524 g/mol. The summed E-state index contributed by atoms with van der Waals surface area (Å²) in [7, 11) is 0. The zero-order valence-corrected chi connectivity index (χ0v) is 22.9. The molecule has 11 nitrogen and oxygen atoms in total. The Morgan fingerprint density at radius 1 is 1.08 bits per heavy atom. The number of ether oxygens (including phenoxy) is 1. The summed E-state index contributed by atoms with van der Waals surface area (Å²) in [4.78, 5) is 31.5. The Kier molecular flexibility index (Phi) is 6.88. The molecular weight excluding hydrogens is 484 g/mol. The number of nitrogens with zero attached hydrogens (tertiary/aromatic N) is 6. The van der Waals surface area contributed by atoms with Gasteiger partial charge in [-0.1, -0.05) is 31.3 Å². The molecule has 2 saturated carbocycles. The summed E-state index contributed by atoms with van der Waals surface area (Å²) >= 11 is 0. The third kappa shape index (κ3) is 4.81. The number of H-pyrrole nitrogens is 1. The molecule has 3 atom stereocenters. The van der Waals surface area contributed by atoms with Crippen molar-refractivity contribution in [3.63, 3.8) is 0 Å². The van der Waals surface area contributed by atoms with Crippen molar-refractivity contribution < 1.29 is 9.26 Å². The number of anilines is 2. The first-order valence-electron chi connectivity index (χ1n) is 14.4. The Morgan fingerprint density at radius 3 is 2.55 bits per heavy atom. The normalized spacial score (nSPS) is 27.4. The maximum atomic E-state index is 11.7. The molecule has 0 bridgehead atoms. The lowest BCUT2D eigenvalue weighted by molar-refractivity contribution is 0.0274. The number of aromatic nitrogens is 6. The molecule has 0 radical (unpaired) electrons. The molecule has 4 heterocycles. The SMILES string of the molecule is CC1CCC(Cn2c(N3CCOC(C)C3C)nc3nc(-c4noc(=O)[nH]4)nc(N[C@H](C)C4CCC4)c32)CC1. The van der Waals surface area contributed by atoms with Gasteiger partial charge >= 0.3 is 5.76 Å². The first-order chi connectivity index (χ1) is 18.4. The zero-order valence-electron chi connectivity index (χ0n) is 22.9. The largest absolute Gasteiger partial charge is 0.439 e. The second-order valence-corrected chi connectivity index (χ2v) is 11.8. The van der Waals surface area contributed by atoms with Crippen molar-refractivity contribution in [2.24, 2.45) is 17.8 Å². The summed E-state index contributed by atoms with van der Waals surface area (Å²) in [6, 6.07) is 0.436. The predicted molar refractivity (Wildman–Crippen MR) is 145 cm³/mol. The summed E-state index contributed by atoms with van der Waals surface area (Å²) in [5.41, 5.74) is 1.53. The molecule has 0 amide bonds. The van der Waals surface area contributed by atoms with Crippen LogP contribution in [0.5, 0.6) is 0 Å². The average molecular weight is 525 g/mol. The molecule has 2 N–H and O–H groups in total. The van der Waals surface area contributed by atoms with Crippen molar-refractivity contribution in [2.45, 2.75) is 97.4 Å². The highest BCUT2D eigenvalue weighted by molar-refractivity contribution is 5.87. The molecule has 2 unspecified atom stereocenters. The standard InChI is InChI=1S/C27H40N8O3/c1-15-8-10-19(11-9-15)14-35-21-22(28-16(2)20-6-5-7-20)29-24(25-32-27(36)38-33-25)30-23(21)31-26(35)34-12-13-37-18(4)17(34)3/h15-20H,5-14H2,1-4H3,(H,28,29,30)(H,32,33,36)/t15?,16-,17?,18?,19?/m1/s1. The minimum atomic E-state index is -0.630. The molecule has 1 saturated heterocycles. The zero-order chi connectivity index (χ0) is 26.4. The Labute approximate surface area is 222 Å². The molecule has 2 aliphatic carbocycles. The fraction of sp³-hybridized carbons (Fsp3) is 0.741. The fourth-order valence-corrected chi connectivity index (χ4v) is 6.21. The average Bonchev–Trinajstić information content (AvgIpc) is 3.45. The molecule has 3 fully saturated rings. The minimum Gasteiger partial charge on any atom is -0.375 e. The molecule has 3 aromatic rings. The van der Waals surface area contributed by atoms with Crippen LogP contribution in [0, 0.1) is 17.8 Å². The van der Waals surface area contributed by atoms with E-state index >= 15 is 0 Å². The smallest absolute Gasteiger partial charge is 0.375 e. The highest BCUT2D eigenvalue weighted by atomic mass is 16.5. The first kappa shape index (κ1) is 25.3. The van der Waals surface area contributed by atoms with Gasteiger partial charge in [-0.2, -0.15) is 4.98 Å². The van der Waals surface area contributed by atoms with Crippen LogP contribution in [-0.4, -0.2) is 61.0 Å². The van der Waals surface area contributed by atoms with Crippen LogP contribution in [0.2, 0.25) is 0 Å². The number of imidazole rings is 1. The van der Waals surface area contributed by atoms with Crippen LogP contribution < -0.4 is 16.0 Å². The van der Waals surface area contributed by atoms with Crippen molar-refractivity contribution in [2.75, 3.05) is 23.4 Å². The van der Waals surface area contributed by atoms with Gasteiger partial charge in [0.1, 0.15) is 5.52 Å². The topological polar surface area (TPSA) is 127 Å². The van der Waals surface area contributed by atoms with E-state index in [4.69, 9.17) is 24.2 Å². The van der Waals surface area contributed by atoms with Gasteiger partial charge in [-0.25, -0.2) is 14.8 Å². The van der Waals surface area contributed by atoms with Gasteiger partial charge in [0, 0.05) is 19.1 Å². The van der Waals surface area contributed by atoms with Gasteiger partial charge in [0.25, 0.3) is 0 Å². The van der Waals surface area contributed by atoms with Gasteiger partial charge < -0.3 is 19.5 Å². The van der Waals surface area contributed by atoms with E-state index in [2.05, 4.69) is 52.6 Å². The highest BCUT2D eigenvalue weighted by Crippen LogP contribution is 2.37. The van der Waals surface area contributed by atoms with Crippen LogP contribution in [0.4, 0.5) is 11.8 Å². The lowest BCUT2D eigenvalue weighted by Crippen LogP contribution is -2.49. The van der Waals surface area contributed by atoms with Crippen LogP contribution in [0.25, 0.3) is 22.8 Å². The highest BCUT2D eigenvalue weighted by Gasteiger charge is 2.33. The maximum absolute atomic E-state index is 11.7. The third-order valence-corrected chi connectivity index (χ3v) is 9.17. The molecule has 0 spiro atoms. The van der Waals surface area contributed by atoms with E-state index in [1.54, 1.807) is 0 Å². The minimum absolute atomic E-state index is 0.102. The lowest BCUT2D eigenvalue weighted by atomic mass is 9.80. The summed E-state index contributed by atoms with van der Waals surface area (Å²) in [5, 5.41) is 7.58. The maximum Gasteiger partial charge on any atom is 0.439 e. The summed E-state index contributed by atoms with van der Waals surface area (Å²) < 4.78 is 13.1. The summed E-state index contributed by atoms with van der Waals surface area (Å²) in [6.45, 7) is 11.2. The number of morpholine rings is 1. The number of aromatic amines is 1. The van der Waals surface area contributed by atoms with Crippen LogP contribution >= 0.6 is 0 Å². The number of hydrogen-bond acceptors (Lipinski definition) is 9. The van der Waals surface area contributed by atoms with E-state index in [1.165, 1.54) is 44.9 Å². The van der Waals surface area contributed by atoms with E-state index in [9.17, 15) is 4.79 Å². The van der Waals surface area contributed by atoms with Crippen LogP contribution in [0.1, 0.15) is 72.6 Å². The van der Waals surface area contributed by atoms with Crippen LogP contribution in [0.15, 0.2) is 9.32 Å². The van der Waals surface area contributed by atoms with E-state index in [0.29, 0.717) is 29.9 Å². The Morgan fingerprint density at radius 2 is 1.87 bits per heavy atom. The van der Waals surface area contributed by atoms with Gasteiger partial charge in [0.2, 0.25) is 17.6 Å². The molecule has 6 rings (SSSR count). The molecule has 0 aromatic carbocycles. The van der Waals surface area contributed by atoms with Crippen molar-refractivity contribution in [1.29, 1.82) is 0 Å². The van der Waals surface area contributed by atoms with E-state index in [0.717, 1.165) is 36.3 Å². The van der Waals surface area contributed by atoms with Gasteiger partial charge in [0.15, 0.2) is 11.5 Å². The molecule has 1 aliphatic heterocycles. The second-order valence-electron chi connectivity index (χ2n) is 11.8. The first-order valence-corrected chi connectivity index (χ1v) is 14.4. The van der Waals surface area contributed by atoms with Crippen molar-refractivity contribution in [1.82, 2.24) is 29.7 Å². The predicted octanol–water partition coefficient (Wildman–Crippen LogP) is 4.21. The lowest BCUT2D eigenvalue weighted by Gasteiger charge is -2.39. The molecule has 11 heteroatoms.